The first-order valence-corrected chi connectivity index (χ1v) is 11.6. The molecule has 0 amide bonds. The Labute approximate surface area is 194 Å². The summed E-state index contributed by atoms with van der Waals surface area (Å²) in [7, 11) is 0. The summed E-state index contributed by atoms with van der Waals surface area (Å²) in [5, 5.41) is 6.46. The average Bonchev–Trinajstić information content (AvgIpc) is 2.85. The molecule has 4 rings (SSSR count). The van der Waals surface area contributed by atoms with Gasteiger partial charge < -0.3 is 15.2 Å². The molecule has 7 heteroatoms. The third-order valence-corrected chi connectivity index (χ3v) is 6.32. The molecule has 0 bridgehead atoms. The Balaban J connectivity index is 1.42. The lowest BCUT2D eigenvalue weighted by Crippen LogP contribution is -2.32. The summed E-state index contributed by atoms with van der Waals surface area (Å²) in [6.07, 6.45) is 3.75. The van der Waals surface area contributed by atoms with E-state index in [1.807, 2.05) is 53.7 Å². The molecule has 1 fully saturated rings. The fraction of sp³-hybridized carbons (Fsp3) is 0.423. The van der Waals surface area contributed by atoms with E-state index in [-0.39, 0.29) is 23.7 Å². The van der Waals surface area contributed by atoms with Crippen molar-refractivity contribution in [2.75, 3.05) is 32.9 Å². The van der Waals surface area contributed by atoms with Gasteiger partial charge in [0.15, 0.2) is 5.78 Å². The molecule has 33 heavy (non-hydrogen) atoms. The van der Waals surface area contributed by atoms with Crippen LogP contribution < -0.4 is 5.73 Å². The zero-order valence-corrected chi connectivity index (χ0v) is 19.0. The van der Waals surface area contributed by atoms with Crippen LogP contribution in [0.1, 0.15) is 58.4 Å². The van der Waals surface area contributed by atoms with E-state index in [0.717, 1.165) is 42.6 Å². The van der Waals surface area contributed by atoms with Crippen molar-refractivity contribution in [1.29, 1.82) is 0 Å². The third kappa shape index (κ3) is 5.67. The number of esters is 1. The van der Waals surface area contributed by atoms with E-state index in [2.05, 4.69) is 5.10 Å². The Kier molecular flexibility index (Phi) is 7.52. The molecular weight excluding hydrogens is 418 g/mol. The molecule has 1 heterocycles. The first kappa shape index (κ1) is 23.1. The topological polar surface area (TPSA) is 94.2 Å². The van der Waals surface area contributed by atoms with E-state index in [0.29, 0.717) is 37.4 Å². The van der Waals surface area contributed by atoms with Gasteiger partial charge in [-0.25, -0.2) is 0 Å². The molecule has 7 nitrogen and oxygen atoms in total. The van der Waals surface area contributed by atoms with Crippen LogP contribution in [0.15, 0.2) is 47.6 Å². The van der Waals surface area contributed by atoms with Gasteiger partial charge in [-0.1, -0.05) is 36.4 Å². The van der Waals surface area contributed by atoms with Crippen LogP contribution in [0.3, 0.4) is 0 Å². The molecule has 2 aromatic rings. The van der Waals surface area contributed by atoms with Gasteiger partial charge in [0, 0.05) is 17.2 Å². The maximum Gasteiger partial charge on any atom is 0.306 e. The lowest BCUT2D eigenvalue weighted by atomic mass is 9.78. The van der Waals surface area contributed by atoms with Gasteiger partial charge in [0.1, 0.15) is 0 Å². The SMILES string of the molecule is CCOC(=O)CC1CCc2cc(C(=O)c3ccc(C=NN4CCOCC4)cc3)ccc2C1N. The molecule has 2 aliphatic rings. The minimum atomic E-state index is -0.229. The Bertz CT molecular complexity index is 1010. The van der Waals surface area contributed by atoms with Crippen LogP contribution in [-0.2, 0) is 20.7 Å². The van der Waals surface area contributed by atoms with Crippen molar-refractivity contribution in [2.45, 2.75) is 32.2 Å². The molecule has 1 aliphatic carbocycles. The van der Waals surface area contributed by atoms with E-state index in [1.165, 1.54) is 0 Å². The number of carbonyl (C=O) groups is 2. The molecule has 1 saturated heterocycles. The zero-order chi connectivity index (χ0) is 23.2. The lowest BCUT2D eigenvalue weighted by Gasteiger charge is -2.30. The van der Waals surface area contributed by atoms with Gasteiger partial charge in [0.25, 0.3) is 0 Å². The largest absolute Gasteiger partial charge is 0.466 e. The molecule has 2 aromatic carbocycles. The number of aryl methyl sites for hydroxylation is 1. The summed E-state index contributed by atoms with van der Waals surface area (Å²) in [5.41, 5.74) is 10.8. The molecule has 0 saturated carbocycles. The Morgan fingerprint density at radius 3 is 2.61 bits per heavy atom. The van der Waals surface area contributed by atoms with Gasteiger partial charge in [0.05, 0.1) is 45.5 Å². The van der Waals surface area contributed by atoms with Crippen molar-refractivity contribution in [3.05, 3.63) is 70.3 Å². The van der Waals surface area contributed by atoms with Crippen molar-refractivity contribution < 1.29 is 19.1 Å². The normalized spacial score (nSPS) is 20.5. The molecule has 0 spiro atoms. The van der Waals surface area contributed by atoms with Crippen LogP contribution in [0.4, 0.5) is 0 Å². The predicted molar refractivity (Wildman–Crippen MR) is 126 cm³/mol. The first-order chi connectivity index (χ1) is 16.0. The standard InChI is InChI=1S/C26H31N3O4/c1-2-33-24(30)16-21-8-7-20-15-22(9-10-23(20)25(21)27)26(31)19-5-3-18(4-6-19)17-28-29-11-13-32-14-12-29/h3-6,9-10,15,17,21,25H,2,7-8,11-14,16,27H2,1H3. The van der Waals surface area contributed by atoms with Crippen LogP contribution in [0.25, 0.3) is 0 Å². The van der Waals surface area contributed by atoms with Crippen LogP contribution in [0, 0.1) is 5.92 Å². The van der Waals surface area contributed by atoms with E-state index in [1.54, 1.807) is 6.92 Å². The van der Waals surface area contributed by atoms with Gasteiger partial charge in [-0.15, -0.1) is 0 Å². The Morgan fingerprint density at radius 2 is 1.88 bits per heavy atom. The number of hydrazone groups is 1. The fourth-order valence-electron chi connectivity index (χ4n) is 4.43. The Morgan fingerprint density at radius 1 is 1.15 bits per heavy atom. The van der Waals surface area contributed by atoms with E-state index in [9.17, 15) is 9.59 Å². The highest BCUT2D eigenvalue weighted by Gasteiger charge is 2.29. The van der Waals surface area contributed by atoms with Crippen LogP contribution in [0.2, 0.25) is 0 Å². The number of nitrogens with zero attached hydrogens (tertiary/aromatic N) is 2. The van der Waals surface area contributed by atoms with Gasteiger partial charge in [-0.05, 0) is 48.4 Å². The molecule has 2 unspecified atom stereocenters. The van der Waals surface area contributed by atoms with E-state index >= 15 is 0 Å². The van der Waals surface area contributed by atoms with Gasteiger partial charge in [0.2, 0.25) is 0 Å². The minimum absolute atomic E-state index is 0.0170. The molecule has 2 N–H and O–H groups in total. The maximum absolute atomic E-state index is 13.1. The van der Waals surface area contributed by atoms with Crippen LogP contribution >= 0.6 is 0 Å². The zero-order valence-electron chi connectivity index (χ0n) is 19.0. The monoisotopic (exact) mass is 449 g/mol. The molecule has 1 aliphatic heterocycles. The summed E-state index contributed by atoms with van der Waals surface area (Å²) in [6, 6.07) is 13.0. The van der Waals surface area contributed by atoms with Crippen molar-refractivity contribution in [1.82, 2.24) is 5.01 Å². The van der Waals surface area contributed by atoms with E-state index < -0.39 is 0 Å². The predicted octanol–water partition coefficient (Wildman–Crippen LogP) is 3.10. The van der Waals surface area contributed by atoms with Crippen LogP contribution in [0.5, 0.6) is 0 Å². The smallest absolute Gasteiger partial charge is 0.306 e. The van der Waals surface area contributed by atoms with Gasteiger partial charge in [-0.3, -0.25) is 14.6 Å². The quantitative estimate of drug-likeness (QED) is 0.397. The number of hydrogen-bond donors (Lipinski definition) is 1. The van der Waals surface area contributed by atoms with Crippen molar-refractivity contribution in [2.24, 2.45) is 16.8 Å². The van der Waals surface area contributed by atoms with Crippen molar-refractivity contribution in [3.63, 3.8) is 0 Å². The summed E-state index contributed by atoms with van der Waals surface area (Å²) in [6.45, 7) is 5.16. The summed E-state index contributed by atoms with van der Waals surface area (Å²) >= 11 is 0. The highest BCUT2D eigenvalue weighted by atomic mass is 16.5. The first-order valence-electron chi connectivity index (χ1n) is 11.6. The molecule has 174 valence electrons. The highest BCUT2D eigenvalue weighted by molar-refractivity contribution is 6.09. The maximum atomic E-state index is 13.1. The van der Waals surface area contributed by atoms with Crippen LogP contribution in [-0.4, -0.2) is 55.9 Å². The fourth-order valence-corrected chi connectivity index (χ4v) is 4.43. The molecular formula is C26H31N3O4. The number of rotatable bonds is 7. The summed E-state index contributed by atoms with van der Waals surface area (Å²) in [4.78, 5) is 24.9. The second-order valence-electron chi connectivity index (χ2n) is 8.51. The van der Waals surface area contributed by atoms with Gasteiger partial charge in [-0.2, -0.15) is 5.10 Å². The summed E-state index contributed by atoms with van der Waals surface area (Å²) in [5.74, 6) is -0.159. The average molecular weight is 450 g/mol. The molecule has 0 radical (unpaired) electrons. The van der Waals surface area contributed by atoms with Gasteiger partial charge >= 0.3 is 5.97 Å². The molecule has 2 atom stereocenters. The molecule has 0 aromatic heterocycles. The minimum Gasteiger partial charge on any atom is -0.466 e. The Hall–Kier alpha value is -3.03. The highest BCUT2D eigenvalue weighted by Crippen LogP contribution is 2.35. The number of ketones is 1. The number of ether oxygens (including phenoxy) is 2. The number of carbonyl (C=O) groups excluding carboxylic acids is 2. The number of hydrogen-bond acceptors (Lipinski definition) is 7. The van der Waals surface area contributed by atoms with Crippen molar-refractivity contribution >= 4 is 18.0 Å². The van der Waals surface area contributed by atoms with E-state index in [4.69, 9.17) is 15.2 Å². The summed E-state index contributed by atoms with van der Waals surface area (Å²) < 4.78 is 10.4. The number of benzene rings is 2. The van der Waals surface area contributed by atoms with Crippen molar-refractivity contribution in [3.8, 4) is 0 Å². The number of fused-ring (bicyclic) bond motifs is 1. The third-order valence-electron chi connectivity index (χ3n) is 6.32. The number of morpholine rings is 1. The second kappa shape index (κ2) is 10.7. The second-order valence-corrected chi connectivity index (χ2v) is 8.51. The lowest BCUT2D eigenvalue weighted by molar-refractivity contribution is -0.144. The number of nitrogens with two attached hydrogens (primary N) is 1.